The number of esters is 2. The number of likely N-dealkylation sites (tertiary alicyclic amines) is 1. The Morgan fingerprint density at radius 1 is 1.16 bits per heavy atom. The van der Waals surface area contributed by atoms with Crippen molar-refractivity contribution in [3.05, 3.63) is 0 Å². The maximum Gasteiger partial charge on any atom is 0.320 e. The summed E-state index contributed by atoms with van der Waals surface area (Å²) in [4.78, 5) is 25.2. The van der Waals surface area contributed by atoms with Crippen molar-refractivity contribution in [3.63, 3.8) is 0 Å². The number of nitrogens with zero attached hydrogens (tertiary/aromatic N) is 1. The van der Waals surface area contributed by atoms with Gasteiger partial charge < -0.3 is 9.47 Å². The predicted octanol–water partition coefficient (Wildman–Crippen LogP) is 1.60. The van der Waals surface area contributed by atoms with Gasteiger partial charge in [-0.15, -0.1) is 0 Å². The van der Waals surface area contributed by atoms with E-state index in [9.17, 15) is 9.59 Å². The minimum atomic E-state index is -0.164. The fraction of sp³-hybridized carbons (Fsp3) is 0.857. The van der Waals surface area contributed by atoms with E-state index in [0.29, 0.717) is 19.8 Å². The van der Waals surface area contributed by atoms with Crippen molar-refractivity contribution < 1.29 is 19.1 Å². The lowest BCUT2D eigenvalue weighted by atomic mass is 9.97. The van der Waals surface area contributed by atoms with Gasteiger partial charge in [0.15, 0.2) is 0 Å². The molecule has 1 aliphatic rings. The van der Waals surface area contributed by atoms with Crippen molar-refractivity contribution in [1.82, 2.24) is 4.90 Å². The molecule has 0 saturated carbocycles. The van der Waals surface area contributed by atoms with E-state index < -0.39 is 0 Å². The van der Waals surface area contributed by atoms with Crippen LogP contribution >= 0.6 is 0 Å². The summed E-state index contributed by atoms with van der Waals surface area (Å²) in [5.74, 6) is -0.275. The van der Waals surface area contributed by atoms with Crippen LogP contribution in [0.5, 0.6) is 0 Å². The standard InChI is InChI=1S/C14H25NO4/c1-3-5-10-19-13(16)11-15-8-6-12(7-9-15)14(17)18-4-2/h12H,3-11H2,1-2H3. The summed E-state index contributed by atoms with van der Waals surface area (Å²) < 4.78 is 10.1. The number of hydrogen-bond acceptors (Lipinski definition) is 5. The number of rotatable bonds is 7. The van der Waals surface area contributed by atoms with Gasteiger partial charge in [-0.2, -0.15) is 0 Å². The van der Waals surface area contributed by atoms with Crippen LogP contribution in [0.4, 0.5) is 0 Å². The molecule has 1 fully saturated rings. The Morgan fingerprint density at radius 3 is 2.42 bits per heavy atom. The van der Waals surface area contributed by atoms with Crippen LogP contribution in [0.25, 0.3) is 0 Å². The van der Waals surface area contributed by atoms with E-state index in [1.54, 1.807) is 0 Å². The predicted molar refractivity (Wildman–Crippen MR) is 71.7 cm³/mol. The normalized spacial score (nSPS) is 17.2. The van der Waals surface area contributed by atoms with Crippen LogP contribution in [0, 0.1) is 5.92 Å². The van der Waals surface area contributed by atoms with Gasteiger partial charge in [-0.1, -0.05) is 13.3 Å². The Labute approximate surface area is 115 Å². The lowest BCUT2D eigenvalue weighted by Crippen LogP contribution is -2.40. The van der Waals surface area contributed by atoms with Gasteiger partial charge in [-0.3, -0.25) is 14.5 Å². The van der Waals surface area contributed by atoms with Gasteiger partial charge in [0.2, 0.25) is 0 Å². The molecule has 0 atom stereocenters. The molecule has 0 aliphatic carbocycles. The maximum absolute atomic E-state index is 11.6. The molecule has 0 N–H and O–H groups in total. The van der Waals surface area contributed by atoms with E-state index in [1.807, 2.05) is 11.8 Å². The summed E-state index contributed by atoms with van der Waals surface area (Å²) >= 11 is 0. The van der Waals surface area contributed by atoms with Gasteiger partial charge in [-0.05, 0) is 39.3 Å². The fourth-order valence-corrected chi connectivity index (χ4v) is 2.15. The van der Waals surface area contributed by atoms with Crippen molar-refractivity contribution in [2.75, 3.05) is 32.8 Å². The molecule has 0 amide bonds. The van der Waals surface area contributed by atoms with Crippen molar-refractivity contribution >= 4 is 11.9 Å². The Balaban J connectivity index is 2.19. The lowest BCUT2D eigenvalue weighted by Gasteiger charge is -2.29. The van der Waals surface area contributed by atoms with Crippen LogP contribution < -0.4 is 0 Å². The highest BCUT2D eigenvalue weighted by Gasteiger charge is 2.26. The molecule has 0 bridgehead atoms. The van der Waals surface area contributed by atoms with Crippen molar-refractivity contribution in [2.45, 2.75) is 39.5 Å². The first-order valence-corrected chi connectivity index (χ1v) is 7.22. The fourth-order valence-electron chi connectivity index (χ4n) is 2.15. The van der Waals surface area contributed by atoms with Crippen molar-refractivity contribution in [1.29, 1.82) is 0 Å². The Hall–Kier alpha value is -1.10. The molecule has 1 heterocycles. The van der Waals surface area contributed by atoms with Crippen molar-refractivity contribution in [3.8, 4) is 0 Å². The molecule has 0 aromatic carbocycles. The van der Waals surface area contributed by atoms with E-state index >= 15 is 0 Å². The first-order chi connectivity index (χ1) is 9.17. The number of hydrogen-bond donors (Lipinski definition) is 0. The zero-order chi connectivity index (χ0) is 14.1. The first-order valence-electron chi connectivity index (χ1n) is 7.22. The van der Waals surface area contributed by atoms with E-state index in [-0.39, 0.29) is 17.9 Å². The molecule has 5 nitrogen and oxygen atoms in total. The van der Waals surface area contributed by atoms with E-state index in [0.717, 1.165) is 38.8 Å². The number of carbonyl (C=O) groups excluding carboxylic acids is 2. The molecule has 1 rings (SSSR count). The molecule has 19 heavy (non-hydrogen) atoms. The third kappa shape index (κ3) is 6.05. The van der Waals surface area contributed by atoms with Crippen molar-refractivity contribution in [2.24, 2.45) is 5.92 Å². The highest BCUT2D eigenvalue weighted by molar-refractivity contribution is 5.73. The summed E-state index contributed by atoms with van der Waals surface area (Å²) in [6.07, 6.45) is 3.47. The summed E-state index contributed by atoms with van der Waals surface area (Å²) in [6.45, 7) is 6.67. The Morgan fingerprint density at radius 2 is 1.84 bits per heavy atom. The second-order valence-electron chi connectivity index (χ2n) is 4.88. The minimum Gasteiger partial charge on any atom is -0.466 e. The number of unbranched alkanes of at least 4 members (excludes halogenated alkanes) is 1. The smallest absolute Gasteiger partial charge is 0.320 e. The molecule has 1 aliphatic heterocycles. The molecule has 0 aromatic heterocycles. The van der Waals surface area contributed by atoms with Crippen LogP contribution in [0.3, 0.4) is 0 Å². The zero-order valence-electron chi connectivity index (χ0n) is 12.0. The monoisotopic (exact) mass is 271 g/mol. The number of ether oxygens (including phenoxy) is 2. The van der Waals surface area contributed by atoms with Crippen LogP contribution in [0.15, 0.2) is 0 Å². The van der Waals surface area contributed by atoms with Gasteiger partial charge >= 0.3 is 11.9 Å². The van der Waals surface area contributed by atoms with Gasteiger partial charge in [0, 0.05) is 0 Å². The highest BCUT2D eigenvalue weighted by atomic mass is 16.5. The second kappa shape index (κ2) is 8.91. The molecule has 5 heteroatoms. The van der Waals surface area contributed by atoms with Gasteiger partial charge in [-0.25, -0.2) is 0 Å². The molecule has 110 valence electrons. The SMILES string of the molecule is CCCCOC(=O)CN1CCC(C(=O)OCC)CC1. The maximum atomic E-state index is 11.6. The van der Waals surface area contributed by atoms with Gasteiger partial charge in [0.25, 0.3) is 0 Å². The Bertz CT molecular complexity index is 285. The summed E-state index contributed by atoms with van der Waals surface area (Å²) in [5.41, 5.74) is 0. The minimum absolute atomic E-state index is 0.00712. The molecule has 0 aromatic rings. The largest absolute Gasteiger partial charge is 0.466 e. The highest BCUT2D eigenvalue weighted by Crippen LogP contribution is 2.18. The molecule has 1 saturated heterocycles. The summed E-state index contributed by atoms with van der Waals surface area (Å²) in [7, 11) is 0. The number of carbonyl (C=O) groups is 2. The second-order valence-corrected chi connectivity index (χ2v) is 4.88. The average Bonchev–Trinajstić information content (AvgIpc) is 2.40. The van der Waals surface area contributed by atoms with Crippen LogP contribution in [-0.2, 0) is 19.1 Å². The summed E-state index contributed by atoms with van der Waals surface area (Å²) in [6, 6.07) is 0. The summed E-state index contributed by atoms with van der Waals surface area (Å²) in [5, 5.41) is 0. The molecular formula is C14H25NO4. The third-order valence-electron chi connectivity index (χ3n) is 3.32. The van der Waals surface area contributed by atoms with Crippen LogP contribution in [0.2, 0.25) is 0 Å². The molecule has 0 spiro atoms. The zero-order valence-corrected chi connectivity index (χ0v) is 12.0. The topological polar surface area (TPSA) is 55.8 Å². The van der Waals surface area contributed by atoms with E-state index in [1.165, 1.54) is 0 Å². The number of piperidine rings is 1. The first kappa shape index (κ1) is 16.0. The Kier molecular flexibility index (Phi) is 7.48. The molecular weight excluding hydrogens is 246 g/mol. The van der Waals surface area contributed by atoms with E-state index in [4.69, 9.17) is 9.47 Å². The average molecular weight is 271 g/mol. The lowest BCUT2D eigenvalue weighted by molar-refractivity contribution is -0.150. The van der Waals surface area contributed by atoms with Gasteiger partial charge in [0.05, 0.1) is 25.7 Å². The quantitative estimate of drug-likeness (QED) is 0.520. The van der Waals surface area contributed by atoms with Crippen LogP contribution in [0.1, 0.15) is 39.5 Å². The van der Waals surface area contributed by atoms with Gasteiger partial charge in [0.1, 0.15) is 0 Å². The molecule has 0 unspecified atom stereocenters. The molecule has 0 radical (unpaired) electrons. The van der Waals surface area contributed by atoms with Crippen LogP contribution in [-0.4, -0.2) is 49.7 Å². The van der Waals surface area contributed by atoms with E-state index in [2.05, 4.69) is 6.92 Å². The third-order valence-corrected chi connectivity index (χ3v) is 3.32.